The van der Waals surface area contributed by atoms with Crippen molar-refractivity contribution in [3.05, 3.63) is 30.7 Å². The zero-order chi connectivity index (χ0) is 12.9. The molecule has 2 N–H and O–H groups in total. The lowest BCUT2D eigenvalue weighted by Gasteiger charge is -2.20. The summed E-state index contributed by atoms with van der Waals surface area (Å²) in [4.78, 5) is 19.7. The van der Waals surface area contributed by atoms with Crippen molar-refractivity contribution in [1.82, 2.24) is 15.3 Å². The summed E-state index contributed by atoms with van der Waals surface area (Å²) in [5.74, 6) is 0.400. The second-order valence-corrected chi connectivity index (χ2v) is 4.66. The summed E-state index contributed by atoms with van der Waals surface area (Å²) in [6, 6.07) is 0. The van der Waals surface area contributed by atoms with E-state index in [9.17, 15) is 4.79 Å². The molecule has 1 rings (SSSR count). The molecule has 0 aromatic carbocycles. The van der Waals surface area contributed by atoms with Crippen LogP contribution in [-0.2, 0) is 0 Å². The summed E-state index contributed by atoms with van der Waals surface area (Å²) >= 11 is 0. The molecule has 0 fully saturated rings. The minimum absolute atomic E-state index is 0.0820. The van der Waals surface area contributed by atoms with Gasteiger partial charge < -0.3 is 10.6 Å². The van der Waals surface area contributed by atoms with Gasteiger partial charge in [0.25, 0.3) is 5.91 Å². The number of amides is 1. The zero-order valence-electron chi connectivity index (χ0n) is 10.4. The minimum atomic E-state index is -0.250. The van der Waals surface area contributed by atoms with E-state index in [1.165, 1.54) is 6.20 Å². The Morgan fingerprint density at radius 1 is 1.41 bits per heavy atom. The van der Waals surface area contributed by atoms with Crippen molar-refractivity contribution in [1.29, 1.82) is 0 Å². The molecule has 0 saturated heterocycles. The first-order chi connectivity index (χ1) is 7.92. The maximum absolute atomic E-state index is 11.5. The van der Waals surface area contributed by atoms with E-state index >= 15 is 0 Å². The van der Waals surface area contributed by atoms with Gasteiger partial charge in [0.1, 0.15) is 11.5 Å². The molecule has 0 unspecified atom stereocenters. The first-order valence-electron chi connectivity index (χ1n) is 5.42. The molecule has 5 heteroatoms. The van der Waals surface area contributed by atoms with Crippen molar-refractivity contribution in [2.24, 2.45) is 0 Å². The number of anilines is 1. The van der Waals surface area contributed by atoms with Gasteiger partial charge in [-0.1, -0.05) is 6.08 Å². The first-order valence-corrected chi connectivity index (χ1v) is 5.42. The summed E-state index contributed by atoms with van der Waals surface area (Å²) in [7, 11) is 0. The highest BCUT2D eigenvalue weighted by atomic mass is 16.1. The van der Waals surface area contributed by atoms with Crippen LogP contribution in [-0.4, -0.2) is 28.0 Å². The van der Waals surface area contributed by atoms with Crippen LogP contribution in [0.4, 0.5) is 5.82 Å². The zero-order valence-corrected chi connectivity index (χ0v) is 10.4. The van der Waals surface area contributed by atoms with Crippen LogP contribution in [0.1, 0.15) is 31.3 Å². The Balaban J connectivity index is 2.67. The summed E-state index contributed by atoms with van der Waals surface area (Å²) in [5.41, 5.74) is 0.215. The van der Waals surface area contributed by atoms with Gasteiger partial charge in [0, 0.05) is 12.1 Å². The van der Waals surface area contributed by atoms with Crippen LogP contribution in [0.2, 0.25) is 0 Å². The Morgan fingerprint density at radius 3 is 2.59 bits per heavy atom. The summed E-state index contributed by atoms with van der Waals surface area (Å²) in [5, 5.41) is 5.81. The maximum atomic E-state index is 11.5. The normalized spacial score (nSPS) is 10.8. The van der Waals surface area contributed by atoms with E-state index in [1.54, 1.807) is 12.3 Å². The Morgan fingerprint density at radius 2 is 2.12 bits per heavy atom. The van der Waals surface area contributed by atoms with Crippen LogP contribution in [0.5, 0.6) is 0 Å². The number of nitrogens with zero attached hydrogens (tertiary/aromatic N) is 2. The molecule has 0 saturated carbocycles. The van der Waals surface area contributed by atoms with Crippen molar-refractivity contribution in [2.45, 2.75) is 26.3 Å². The third-order valence-electron chi connectivity index (χ3n) is 1.79. The maximum Gasteiger partial charge on any atom is 0.271 e. The standard InChI is InChI=1S/C12H18N4O/c1-5-6-13-11(17)9-7-15-10(8-14-9)16-12(2,3)4/h5,7-8H,1,6H2,2-4H3,(H,13,17)(H,15,16). The van der Waals surface area contributed by atoms with Crippen molar-refractivity contribution >= 4 is 11.7 Å². The summed E-state index contributed by atoms with van der Waals surface area (Å²) in [6.07, 6.45) is 4.61. The Labute approximate surface area is 101 Å². The fourth-order valence-electron chi connectivity index (χ4n) is 1.15. The Kier molecular flexibility index (Phi) is 4.20. The highest BCUT2D eigenvalue weighted by molar-refractivity contribution is 5.92. The average Bonchev–Trinajstić information content (AvgIpc) is 2.24. The van der Waals surface area contributed by atoms with E-state index in [1.807, 2.05) is 20.8 Å². The van der Waals surface area contributed by atoms with Crippen molar-refractivity contribution in [3.8, 4) is 0 Å². The fourth-order valence-corrected chi connectivity index (χ4v) is 1.15. The van der Waals surface area contributed by atoms with Crippen molar-refractivity contribution in [2.75, 3.05) is 11.9 Å². The Hall–Kier alpha value is -1.91. The quantitative estimate of drug-likeness (QED) is 0.777. The largest absolute Gasteiger partial charge is 0.364 e. The molecule has 1 aromatic heterocycles. The SMILES string of the molecule is C=CCNC(=O)c1cnc(NC(C)(C)C)cn1. The average molecular weight is 234 g/mol. The summed E-state index contributed by atoms with van der Waals surface area (Å²) in [6.45, 7) is 10.0. The van der Waals surface area contributed by atoms with Gasteiger partial charge in [-0.3, -0.25) is 4.79 Å². The molecule has 92 valence electrons. The second kappa shape index (κ2) is 5.43. The molecule has 0 aliphatic rings. The van der Waals surface area contributed by atoms with Crippen LogP contribution in [0.15, 0.2) is 25.0 Å². The molecule has 1 amide bonds. The molecule has 0 aliphatic carbocycles. The van der Waals surface area contributed by atoms with Crippen molar-refractivity contribution in [3.63, 3.8) is 0 Å². The van der Waals surface area contributed by atoms with Gasteiger partial charge in [-0.15, -0.1) is 6.58 Å². The van der Waals surface area contributed by atoms with Crippen LogP contribution in [0.3, 0.4) is 0 Å². The van der Waals surface area contributed by atoms with E-state index in [4.69, 9.17) is 0 Å². The minimum Gasteiger partial charge on any atom is -0.364 e. The molecule has 0 radical (unpaired) electrons. The van der Waals surface area contributed by atoms with Gasteiger partial charge in [0.2, 0.25) is 0 Å². The molecule has 0 bridgehead atoms. The number of hydrogen-bond acceptors (Lipinski definition) is 4. The summed E-state index contributed by atoms with van der Waals surface area (Å²) < 4.78 is 0. The topological polar surface area (TPSA) is 66.9 Å². The number of rotatable bonds is 4. The number of nitrogens with one attached hydrogen (secondary N) is 2. The van der Waals surface area contributed by atoms with Gasteiger partial charge >= 0.3 is 0 Å². The molecule has 0 aliphatic heterocycles. The number of carbonyl (C=O) groups excluding carboxylic acids is 1. The third-order valence-corrected chi connectivity index (χ3v) is 1.79. The molecule has 5 nitrogen and oxygen atoms in total. The Bertz CT molecular complexity index is 392. The lowest BCUT2D eigenvalue weighted by Crippen LogP contribution is -2.27. The number of hydrogen-bond donors (Lipinski definition) is 2. The van der Waals surface area contributed by atoms with Crippen LogP contribution >= 0.6 is 0 Å². The van der Waals surface area contributed by atoms with E-state index in [0.717, 1.165) is 0 Å². The molecular weight excluding hydrogens is 216 g/mol. The van der Waals surface area contributed by atoms with Gasteiger partial charge in [-0.2, -0.15) is 0 Å². The predicted octanol–water partition coefficient (Wildman–Crippen LogP) is 1.60. The first kappa shape index (κ1) is 13.2. The monoisotopic (exact) mass is 234 g/mol. The van der Waals surface area contributed by atoms with E-state index in [-0.39, 0.29) is 11.4 Å². The molecule has 1 heterocycles. The molecular formula is C12H18N4O. The highest BCUT2D eigenvalue weighted by Gasteiger charge is 2.11. The fraction of sp³-hybridized carbons (Fsp3) is 0.417. The van der Waals surface area contributed by atoms with Gasteiger partial charge in [-0.05, 0) is 20.8 Å². The molecule has 0 spiro atoms. The third kappa shape index (κ3) is 4.63. The van der Waals surface area contributed by atoms with Gasteiger partial charge in [0.05, 0.1) is 12.4 Å². The van der Waals surface area contributed by atoms with Crippen molar-refractivity contribution < 1.29 is 4.79 Å². The number of carbonyl (C=O) groups is 1. The van der Waals surface area contributed by atoms with Gasteiger partial charge in [-0.25, -0.2) is 9.97 Å². The van der Waals surface area contributed by atoms with Gasteiger partial charge in [0.15, 0.2) is 0 Å². The van der Waals surface area contributed by atoms with E-state index < -0.39 is 0 Å². The number of aromatic nitrogens is 2. The lowest BCUT2D eigenvalue weighted by molar-refractivity contribution is 0.0952. The molecule has 0 atom stereocenters. The van der Waals surface area contributed by atoms with Crippen LogP contribution in [0, 0.1) is 0 Å². The van der Waals surface area contributed by atoms with E-state index in [0.29, 0.717) is 18.1 Å². The second-order valence-electron chi connectivity index (χ2n) is 4.66. The highest BCUT2D eigenvalue weighted by Crippen LogP contribution is 2.10. The predicted molar refractivity (Wildman–Crippen MR) is 67.9 cm³/mol. The lowest BCUT2D eigenvalue weighted by atomic mass is 10.1. The van der Waals surface area contributed by atoms with Crippen LogP contribution in [0.25, 0.3) is 0 Å². The smallest absolute Gasteiger partial charge is 0.271 e. The van der Waals surface area contributed by atoms with E-state index in [2.05, 4.69) is 27.2 Å². The van der Waals surface area contributed by atoms with Crippen LogP contribution < -0.4 is 10.6 Å². The molecule has 17 heavy (non-hydrogen) atoms. The molecule has 1 aromatic rings.